The molecule has 10 nitrogen and oxygen atoms in total. The van der Waals surface area contributed by atoms with Crippen LogP contribution in [0.5, 0.6) is 0 Å². The van der Waals surface area contributed by atoms with Gasteiger partial charge in [-0.2, -0.15) is 0 Å². The zero-order valence-electron chi connectivity index (χ0n) is 34.7. The third kappa shape index (κ3) is 8.41. The Labute approximate surface area is 343 Å². The van der Waals surface area contributed by atoms with Crippen molar-refractivity contribution in [2.75, 3.05) is 33.8 Å². The number of hydrogen-bond donors (Lipinski definition) is 2. The van der Waals surface area contributed by atoms with Gasteiger partial charge in [-0.25, -0.2) is 9.97 Å². The van der Waals surface area contributed by atoms with Gasteiger partial charge in [0.2, 0.25) is 11.8 Å². The van der Waals surface area contributed by atoms with Gasteiger partial charge in [-0.05, 0) is 98.2 Å². The SMILES string of the molecule is CC1CC[C@@H](C(C)C)[C@H](OCC(=O)N2CCC[C@H]2c2ncc(-c3ccc(-c4ccc(-c5cnc([C@@H]6CCCN6C(=O)[C@@H](c6ccccc6)N(C)C)[nH]5)cc4)cc3)[nH]2)C1. The van der Waals surface area contributed by atoms with Gasteiger partial charge in [0, 0.05) is 13.1 Å². The number of carbonyl (C=O) groups excluding carboxylic acids is 2. The number of nitrogens with zero attached hydrogens (tertiary/aromatic N) is 5. The summed E-state index contributed by atoms with van der Waals surface area (Å²) in [7, 11) is 3.93. The van der Waals surface area contributed by atoms with Crippen LogP contribution in [0.25, 0.3) is 33.6 Å². The van der Waals surface area contributed by atoms with Gasteiger partial charge in [0.15, 0.2) is 0 Å². The maximum atomic E-state index is 13.9. The Morgan fingerprint density at radius 3 is 1.83 bits per heavy atom. The fraction of sp³-hybridized carbons (Fsp3) is 0.458. The van der Waals surface area contributed by atoms with Crippen molar-refractivity contribution in [3.05, 3.63) is 108 Å². The minimum absolute atomic E-state index is 0.0607. The number of nitrogens with one attached hydrogen (secondary N) is 2. The van der Waals surface area contributed by atoms with E-state index in [4.69, 9.17) is 14.7 Å². The summed E-state index contributed by atoms with van der Waals surface area (Å²) in [5.74, 6) is 3.56. The summed E-state index contributed by atoms with van der Waals surface area (Å²) in [6, 6.07) is 26.6. The molecule has 10 heteroatoms. The van der Waals surface area contributed by atoms with Crippen LogP contribution in [0.4, 0.5) is 0 Å². The molecule has 0 radical (unpaired) electrons. The van der Waals surface area contributed by atoms with E-state index in [0.717, 1.165) is 96.0 Å². The first-order chi connectivity index (χ1) is 28.1. The Morgan fingerprint density at radius 2 is 1.28 bits per heavy atom. The first-order valence-electron chi connectivity index (χ1n) is 21.4. The third-order valence-electron chi connectivity index (χ3n) is 12.9. The number of likely N-dealkylation sites (tertiary alicyclic amines) is 2. The lowest BCUT2D eigenvalue weighted by atomic mass is 9.75. The molecule has 3 fully saturated rings. The summed E-state index contributed by atoms with van der Waals surface area (Å²) >= 11 is 0. The molecule has 2 N–H and O–H groups in total. The first-order valence-corrected chi connectivity index (χ1v) is 21.4. The normalized spacial score (nSPS) is 22.9. The second-order valence-corrected chi connectivity index (χ2v) is 17.4. The number of amides is 2. The number of H-pyrrole nitrogens is 2. The molecule has 8 rings (SSSR count). The monoisotopic (exact) mass is 781 g/mol. The van der Waals surface area contributed by atoms with Crippen LogP contribution in [-0.2, 0) is 14.3 Å². The second-order valence-electron chi connectivity index (χ2n) is 17.4. The smallest absolute Gasteiger partial charge is 0.249 e. The number of aromatic nitrogens is 4. The topological polar surface area (TPSA) is 110 Å². The second kappa shape index (κ2) is 17.4. The molecule has 2 amide bonds. The molecule has 1 saturated carbocycles. The van der Waals surface area contributed by atoms with E-state index in [-0.39, 0.29) is 42.7 Å². The summed E-state index contributed by atoms with van der Waals surface area (Å²) < 4.78 is 6.35. The number of benzene rings is 3. The molecule has 2 aromatic heterocycles. The Balaban J connectivity index is 0.890. The maximum absolute atomic E-state index is 13.9. The molecular formula is C48H59N7O3. The number of likely N-dealkylation sites (N-methyl/N-ethyl adjacent to an activating group) is 1. The summed E-state index contributed by atoms with van der Waals surface area (Å²) in [4.78, 5) is 50.0. The number of ether oxygens (including phenoxy) is 1. The zero-order valence-corrected chi connectivity index (χ0v) is 34.7. The van der Waals surface area contributed by atoms with Gasteiger partial charge in [0.25, 0.3) is 0 Å². The fourth-order valence-electron chi connectivity index (χ4n) is 9.68. The fourth-order valence-corrected chi connectivity index (χ4v) is 9.68. The van der Waals surface area contributed by atoms with Crippen molar-refractivity contribution in [1.82, 2.24) is 34.6 Å². The molecule has 1 unspecified atom stereocenters. The van der Waals surface area contributed by atoms with Crippen molar-refractivity contribution in [1.29, 1.82) is 0 Å². The Bertz CT molecular complexity index is 2140. The quantitative estimate of drug-likeness (QED) is 0.131. The van der Waals surface area contributed by atoms with Crippen molar-refractivity contribution in [3.8, 4) is 33.6 Å². The van der Waals surface area contributed by atoms with E-state index in [1.54, 1.807) is 0 Å². The number of aromatic amines is 2. The van der Waals surface area contributed by atoms with Crippen LogP contribution in [-0.4, -0.2) is 86.3 Å². The first kappa shape index (κ1) is 39.8. The molecule has 0 spiro atoms. The molecule has 2 aliphatic heterocycles. The molecule has 58 heavy (non-hydrogen) atoms. The van der Waals surface area contributed by atoms with E-state index in [1.165, 1.54) is 12.8 Å². The molecule has 3 aliphatic rings. The lowest BCUT2D eigenvalue weighted by molar-refractivity contribution is -0.142. The molecule has 304 valence electrons. The molecule has 1 aliphatic carbocycles. The molecular weight excluding hydrogens is 723 g/mol. The van der Waals surface area contributed by atoms with Gasteiger partial charge in [0.05, 0.1) is 42.0 Å². The van der Waals surface area contributed by atoms with Crippen LogP contribution in [0.1, 0.15) is 101 Å². The van der Waals surface area contributed by atoms with Crippen LogP contribution in [0.3, 0.4) is 0 Å². The highest BCUT2D eigenvalue weighted by molar-refractivity contribution is 5.84. The Morgan fingerprint density at radius 1 is 0.741 bits per heavy atom. The minimum Gasteiger partial charge on any atom is -0.368 e. The van der Waals surface area contributed by atoms with Crippen LogP contribution in [0.15, 0.2) is 91.3 Å². The van der Waals surface area contributed by atoms with Gasteiger partial charge in [-0.1, -0.05) is 106 Å². The highest BCUT2D eigenvalue weighted by Gasteiger charge is 2.38. The summed E-state index contributed by atoms with van der Waals surface area (Å²) in [5, 5.41) is 0. The van der Waals surface area contributed by atoms with E-state index >= 15 is 0 Å². The lowest BCUT2D eigenvalue weighted by Gasteiger charge is -2.37. The maximum Gasteiger partial charge on any atom is 0.249 e. The average molecular weight is 782 g/mol. The van der Waals surface area contributed by atoms with Crippen LogP contribution < -0.4 is 0 Å². The van der Waals surface area contributed by atoms with E-state index < -0.39 is 0 Å². The standard InChI is InChI=1S/C48H59N7O3/c1-31(2)38-24-15-32(3)27-43(38)58-30-44(56)54-25-9-13-41(54)46-49-28-39(51-46)35-20-16-33(17-21-35)34-18-22-36(23-19-34)40-29-50-47(52-40)42-14-10-26-55(42)48(57)45(53(4)5)37-11-7-6-8-12-37/h6-8,11-12,16-23,28-29,31-32,38,41-43,45H,9-10,13-15,24-27,30H2,1-5H3,(H,49,51)(H,50,52)/t32?,38-,41-,42-,43+,45+/m0/s1. The summed E-state index contributed by atoms with van der Waals surface area (Å²) in [5.41, 5.74) is 7.21. The highest BCUT2D eigenvalue weighted by atomic mass is 16.5. The van der Waals surface area contributed by atoms with E-state index in [0.29, 0.717) is 17.8 Å². The van der Waals surface area contributed by atoms with Crippen molar-refractivity contribution < 1.29 is 14.3 Å². The van der Waals surface area contributed by atoms with Crippen LogP contribution in [0, 0.1) is 17.8 Å². The van der Waals surface area contributed by atoms with E-state index in [9.17, 15) is 9.59 Å². The van der Waals surface area contributed by atoms with Crippen molar-refractivity contribution >= 4 is 11.8 Å². The van der Waals surface area contributed by atoms with Crippen molar-refractivity contribution in [2.45, 2.75) is 89.9 Å². The zero-order chi connectivity index (χ0) is 40.3. The van der Waals surface area contributed by atoms with Gasteiger partial charge in [-0.15, -0.1) is 0 Å². The number of imidazole rings is 2. The predicted octanol–water partition coefficient (Wildman–Crippen LogP) is 9.24. The van der Waals surface area contributed by atoms with Crippen molar-refractivity contribution in [3.63, 3.8) is 0 Å². The number of rotatable bonds is 12. The van der Waals surface area contributed by atoms with Gasteiger partial charge < -0.3 is 24.5 Å². The molecule has 5 aromatic rings. The van der Waals surface area contributed by atoms with Gasteiger partial charge in [-0.3, -0.25) is 14.5 Å². The number of carbonyl (C=O) groups is 2. The van der Waals surface area contributed by atoms with E-state index in [2.05, 4.69) is 79.3 Å². The largest absolute Gasteiger partial charge is 0.368 e. The highest BCUT2D eigenvalue weighted by Crippen LogP contribution is 2.38. The average Bonchev–Trinajstić information content (AvgIpc) is 4.07. The minimum atomic E-state index is -0.339. The summed E-state index contributed by atoms with van der Waals surface area (Å²) in [6.45, 7) is 8.45. The molecule has 3 aromatic carbocycles. The number of hydrogen-bond acceptors (Lipinski definition) is 6. The van der Waals surface area contributed by atoms with Crippen molar-refractivity contribution in [2.24, 2.45) is 17.8 Å². The Kier molecular flexibility index (Phi) is 11.9. The molecule has 0 bridgehead atoms. The lowest BCUT2D eigenvalue weighted by Crippen LogP contribution is -2.40. The van der Waals surface area contributed by atoms with Gasteiger partial charge in [0.1, 0.15) is 24.3 Å². The van der Waals surface area contributed by atoms with Crippen LogP contribution >= 0.6 is 0 Å². The van der Waals surface area contributed by atoms with E-state index in [1.807, 2.05) is 71.5 Å². The molecule has 6 atom stereocenters. The Hall–Kier alpha value is -5.06. The molecule has 4 heterocycles. The third-order valence-corrected chi connectivity index (χ3v) is 12.9. The predicted molar refractivity (Wildman–Crippen MR) is 228 cm³/mol. The van der Waals surface area contributed by atoms with Crippen LogP contribution in [0.2, 0.25) is 0 Å². The molecule has 2 saturated heterocycles. The van der Waals surface area contributed by atoms with Gasteiger partial charge >= 0.3 is 0 Å². The summed E-state index contributed by atoms with van der Waals surface area (Å²) in [6.07, 6.45) is 11.1.